The largest absolute Gasteiger partial charge is 0.508 e. The van der Waals surface area contributed by atoms with Crippen LogP contribution in [0.5, 0.6) is 5.75 Å². The molecule has 0 saturated heterocycles. The van der Waals surface area contributed by atoms with Crippen LogP contribution >= 0.6 is 11.6 Å². The molecule has 186 valence electrons. The highest BCUT2D eigenvalue weighted by Crippen LogP contribution is 2.65. The van der Waals surface area contributed by atoms with E-state index >= 15 is 0 Å². The van der Waals surface area contributed by atoms with Crippen molar-refractivity contribution < 1.29 is 28.9 Å². The van der Waals surface area contributed by atoms with Gasteiger partial charge in [-0.05, 0) is 50.8 Å². The zero-order chi connectivity index (χ0) is 24.4. The van der Waals surface area contributed by atoms with Crippen LogP contribution in [0.15, 0.2) is 24.4 Å². The lowest BCUT2D eigenvalue weighted by molar-refractivity contribution is -0.165. The van der Waals surface area contributed by atoms with Crippen LogP contribution < -0.4 is 10.1 Å². The van der Waals surface area contributed by atoms with Gasteiger partial charge < -0.3 is 24.6 Å². The second kappa shape index (κ2) is 8.09. The third kappa shape index (κ3) is 3.92. The molecule has 4 aliphatic carbocycles. The second-order valence-corrected chi connectivity index (χ2v) is 10.7. The Morgan fingerprint density at radius 3 is 2.86 bits per heavy atom. The first-order chi connectivity index (χ1) is 16.8. The summed E-state index contributed by atoms with van der Waals surface area (Å²) in [5.74, 6) is 0.769. The number of carbonyl (C=O) groups is 2. The van der Waals surface area contributed by atoms with E-state index in [1.165, 1.54) is 0 Å². The van der Waals surface area contributed by atoms with Crippen LogP contribution in [-0.4, -0.2) is 57.0 Å². The minimum absolute atomic E-state index is 0.110. The average Bonchev–Trinajstić information content (AvgIpc) is 3.40. The van der Waals surface area contributed by atoms with E-state index in [1.54, 1.807) is 25.1 Å². The Balaban J connectivity index is 1.01. The molecule has 4 saturated carbocycles. The molecule has 2 bridgehead atoms. The van der Waals surface area contributed by atoms with Gasteiger partial charge in [-0.15, -0.1) is 5.10 Å². The molecule has 4 fully saturated rings. The Morgan fingerprint density at radius 1 is 1.29 bits per heavy atom. The van der Waals surface area contributed by atoms with Crippen LogP contribution in [0.4, 0.5) is 4.79 Å². The maximum Gasteiger partial charge on any atom is 0.508 e. The summed E-state index contributed by atoms with van der Waals surface area (Å²) in [6, 6.07) is 5.04. The van der Waals surface area contributed by atoms with Crippen LogP contribution in [0.3, 0.4) is 0 Å². The van der Waals surface area contributed by atoms with Gasteiger partial charge >= 0.3 is 6.16 Å². The predicted octanol–water partition coefficient (Wildman–Crippen LogP) is 2.84. The molecule has 2 N–H and O–H groups in total. The number of aliphatic hydroxyl groups is 1. The molecule has 35 heavy (non-hydrogen) atoms. The van der Waals surface area contributed by atoms with Crippen molar-refractivity contribution in [3.05, 3.63) is 40.7 Å². The van der Waals surface area contributed by atoms with Gasteiger partial charge in [-0.2, -0.15) is 0 Å². The number of hydrogen-bond donors (Lipinski definition) is 2. The summed E-state index contributed by atoms with van der Waals surface area (Å²) in [5.41, 5.74) is 1.15. The Labute approximate surface area is 206 Å². The number of aliphatic hydroxyl groups excluding tert-OH is 1. The minimum Gasteiger partial charge on any atom is -0.480 e. The van der Waals surface area contributed by atoms with Crippen LogP contribution in [0.25, 0.3) is 0 Å². The molecule has 7 rings (SSSR count). The molecular formula is C24H27ClN4O6. The molecule has 11 heteroatoms. The lowest BCUT2D eigenvalue weighted by Gasteiger charge is -2.69. The van der Waals surface area contributed by atoms with E-state index in [9.17, 15) is 14.7 Å². The second-order valence-electron chi connectivity index (χ2n) is 10.2. The number of halogens is 1. The smallest absolute Gasteiger partial charge is 0.480 e. The maximum absolute atomic E-state index is 12.9. The predicted molar refractivity (Wildman–Crippen MR) is 122 cm³/mol. The molecule has 1 amide bonds. The number of fused-ring (bicyclic) bond motifs is 1. The van der Waals surface area contributed by atoms with Crippen molar-refractivity contribution in [1.29, 1.82) is 0 Å². The number of hydrogen-bond acceptors (Lipinski definition) is 8. The number of nitrogens with one attached hydrogen (secondary N) is 1. The van der Waals surface area contributed by atoms with Gasteiger partial charge in [0.2, 0.25) is 0 Å². The van der Waals surface area contributed by atoms with Crippen LogP contribution in [0, 0.1) is 5.92 Å². The van der Waals surface area contributed by atoms with Crippen LogP contribution in [0.1, 0.15) is 62.3 Å². The van der Waals surface area contributed by atoms with E-state index in [4.69, 9.17) is 25.8 Å². The van der Waals surface area contributed by atoms with E-state index in [1.807, 2.05) is 10.9 Å². The third-order valence-electron chi connectivity index (χ3n) is 7.70. The van der Waals surface area contributed by atoms with Gasteiger partial charge in [0.15, 0.2) is 6.10 Å². The molecule has 0 radical (unpaired) electrons. The highest BCUT2D eigenvalue weighted by atomic mass is 35.5. The first-order valence-electron chi connectivity index (χ1n) is 12.0. The highest BCUT2D eigenvalue weighted by Gasteiger charge is 2.70. The fourth-order valence-corrected chi connectivity index (χ4v) is 6.02. The van der Waals surface area contributed by atoms with Crippen molar-refractivity contribution in [3.63, 3.8) is 0 Å². The molecule has 2 heterocycles. The SMILES string of the molecule is CCOC(=O)OC[C@@H]1C[C@H]1c1cn(C23CC(NC(=O)[C@H]4C[C@@H](O)c5cc(Cl)ccc5O4)(C2)C3)nn1. The van der Waals surface area contributed by atoms with Gasteiger partial charge in [-0.1, -0.05) is 16.8 Å². The lowest BCUT2D eigenvalue weighted by Crippen LogP contribution is -2.79. The summed E-state index contributed by atoms with van der Waals surface area (Å²) in [4.78, 5) is 24.3. The first-order valence-corrected chi connectivity index (χ1v) is 12.4. The van der Waals surface area contributed by atoms with E-state index in [0.29, 0.717) is 29.5 Å². The van der Waals surface area contributed by atoms with E-state index in [0.717, 1.165) is 31.4 Å². The summed E-state index contributed by atoms with van der Waals surface area (Å²) in [6.07, 6.45) is 3.28. The molecular weight excluding hydrogens is 476 g/mol. The maximum atomic E-state index is 12.9. The van der Waals surface area contributed by atoms with Gasteiger partial charge in [0.1, 0.15) is 5.75 Å². The quantitative estimate of drug-likeness (QED) is 0.554. The number of ether oxygens (including phenoxy) is 3. The molecule has 0 spiro atoms. The summed E-state index contributed by atoms with van der Waals surface area (Å²) in [5, 5.41) is 22.8. The highest BCUT2D eigenvalue weighted by molar-refractivity contribution is 6.30. The van der Waals surface area contributed by atoms with Crippen molar-refractivity contribution in [2.24, 2.45) is 5.92 Å². The molecule has 4 atom stereocenters. The molecule has 10 nitrogen and oxygen atoms in total. The fourth-order valence-electron chi connectivity index (χ4n) is 5.84. The molecule has 5 aliphatic rings. The van der Waals surface area contributed by atoms with E-state index in [-0.39, 0.29) is 35.2 Å². The van der Waals surface area contributed by atoms with Gasteiger partial charge in [-0.3, -0.25) is 4.79 Å². The van der Waals surface area contributed by atoms with Crippen molar-refractivity contribution >= 4 is 23.7 Å². The van der Waals surface area contributed by atoms with Crippen molar-refractivity contribution in [3.8, 4) is 5.75 Å². The zero-order valence-corrected chi connectivity index (χ0v) is 20.0. The Kier molecular flexibility index (Phi) is 5.23. The molecule has 2 aromatic rings. The van der Waals surface area contributed by atoms with Crippen LogP contribution in [0.2, 0.25) is 5.02 Å². The van der Waals surface area contributed by atoms with Crippen molar-refractivity contribution in [2.75, 3.05) is 13.2 Å². The Morgan fingerprint density at radius 2 is 2.09 bits per heavy atom. The lowest BCUT2D eigenvalue weighted by atomic mass is 9.44. The van der Waals surface area contributed by atoms with Gasteiger partial charge in [0, 0.05) is 40.6 Å². The van der Waals surface area contributed by atoms with Crippen LogP contribution in [-0.2, 0) is 19.8 Å². The summed E-state index contributed by atoms with van der Waals surface area (Å²) < 4.78 is 17.7. The first kappa shape index (κ1) is 22.6. The molecule has 1 aliphatic heterocycles. The topological polar surface area (TPSA) is 125 Å². The summed E-state index contributed by atoms with van der Waals surface area (Å²) in [7, 11) is 0. The fraction of sp³-hybridized carbons (Fsp3) is 0.583. The van der Waals surface area contributed by atoms with Gasteiger partial charge in [-0.25, -0.2) is 9.48 Å². The molecule has 0 unspecified atom stereocenters. The number of aromatic nitrogens is 3. The van der Waals surface area contributed by atoms with Gasteiger partial charge in [0.25, 0.3) is 5.91 Å². The Bertz CT molecular complexity index is 1160. The normalized spacial score (nSPS) is 33.9. The Hall–Kier alpha value is -2.85. The number of rotatable bonds is 7. The zero-order valence-electron chi connectivity index (χ0n) is 19.3. The monoisotopic (exact) mass is 502 g/mol. The average molecular weight is 503 g/mol. The van der Waals surface area contributed by atoms with Crippen molar-refractivity contribution in [2.45, 2.75) is 68.2 Å². The summed E-state index contributed by atoms with van der Waals surface area (Å²) >= 11 is 6.01. The summed E-state index contributed by atoms with van der Waals surface area (Å²) in [6.45, 7) is 2.36. The van der Waals surface area contributed by atoms with Gasteiger partial charge in [0.05, 0.1) is 30.6 Å². The number of nitrogens with zero attached hydrogens (tertiary/aromatic N) is 3. The van der Waals surface area contributed by atoms with Crippen molar-refractivity contribution in [1.82, 2.24) is 20.3 Å². The number of carbonyl (C=O) groups excluding carboxylic acids is 2. The van der Waals surface area contributed by atoms with E-state index < -0.39 is 18.4 Å². The standard InChI is InChI=1S/C24H27ClN4O6/c1-2-33-22(32)34-9-13-5-15(13)17-8-29(28-27-17)24-10-23(11-24,12-24)26-21(31)20-7-18(30)16-6-14(25)3-4-19(16)35-20/h3-4,6,8,13,15,18,20,30H,2,5,7,9-12H2,1H3,(H,26,31)/t13-,15+,18+,20+,23?,24?/m0/s1. The number of benzene rings is 1. The molecule has 1 aromatic heterocycles. The minimum atomic E-state index is -0.796. The molecule has 1 aromatic carbocycles. The van der Waals surface area contributed by atoms with E-state index in [2.05, 4.69) is 15.6 Å². The number of amides is 1. The third-order valence-corrected chi connectivity index (χ3v) is 7.93.